The van der Waals surface area contributed by atoms with Gasteiger partial charge in [-0.3, -0.25) is 4.79 Å². The minimum atomic E-state index is 0. The molecule has 0 saturated carbocycles. The van der Waals surface area contributed by atoms with Gasteiger partial charge in [0, 0.05) is 17.5 Å². The molecular formula is C13H17ClN2O. The Bertz CT molecular complexity index is 427. The fourth-order valence-electron chi connectivity index (χ4n) is 2.93. The molecule has 0 aromatic heterocycles. The highest BCUT2D eigenvalue weighted by molar-refractivity contribution is 5.97. The molecule has 1 amide bonds. The summed E-state index contributed by atoms with van der Waals surface area (Å²) in [5.41, 5.74) is 2.30. The van der Waals surface area contributed by atoms with Crippen LogP contribution in [0.2, 0.25) is 0 Å². The van der Waals surface area contributed by atoms with Crippen LogP contribution < -0.4 is 10.6 Å². The summed E-state index contributed by atoms with van der Waals surface area (Å²) in [7, 11) is 0. The summed E-state index contributed by atoms with van der Waals surface area (Å²) in [6.45, 7) is 2.89. The molecule has 0 radical (unpaired) electrons. The minimum Gasteiger partial charge on any atom is -0.351 e. The normalized spacial score (nSPS) is 21.3. The number of piperidine rings is 1. The summed E-state index contributed by atoms with van der Waals surface area (Å²) in [6.07, 6.45) is 2.23. The van der Waals surface area contributed by atoms with Gasteiger partial charge in [-0.2, -0.15) is 0 Å². The molecule has 1 aromatic rings. The highest BCUT2D eigenvalue weighted by atomic mass is 35.5. The third kappa shape index (κ3) is 1.94. The van der Waals surface area contributed by atoms with Crippen LogP contribution in [0.25, 0.3) is 0 Å². The van der Waals surface area contributed by atoms with Crippen LogP contribution in [0.1, 0.15) is 28.8 Å². The molecule has 1 aromatic carbocycles. The topological polar surface area (TPSA) is 41.1 Å². The Morgan fingerprint density at radius 1 is 1.12 bits per heavy atom. The van der Waals surface area contributed by atoms with E-state index in [1.54, 1.807) is 0 Å². The van der Waals surface area contributed by atoms with E-state index in [4.69, 9.17) is 0 Å². The van der Waals surface area contributed by atoms with Crippen molar-refractivity contribution >= 4 is 18.3 Å². The van der Waals surface area contributed by atoms with Gasteiger partial charge in [0.15, 0.2) is 0 Å². The number of amides is 1. The Balaban J connectivity index is 0.00000108. The predicted octanol–water partition coefficient (Wildman–Crippen LogP) is 1.47. The van der Waals surface area contributed by atoms with E-state index in [-0.39, 0.29) is 23.7 Å². The van der Waals surface area contributed by atoms with Crippen molar-refractivity contribution in [2.45, 2.75) is 18.3 Å². The maximum atomic E-state index is 11.8. The van der Waals surface area contributed by atoms with E-state index in [1.165, 1.54) is 5.56 Å². The molecule has 3 rings (SSSR count). The summed E-state index contributed by atoms with van der Waals surface area (Å²) in [4.78, 5) is 11.8. The Hall–Kier alpha value is -1.06. The molecule has 0 aliphatic carbocycles. The number of hydrogen-bond acceptors (Lipinski definition) is 2. The lowest BCUT2D eigenvalue weighted by atomic mass is 9.69. The standard InChI is InChI=1S/C13H16N2O.ClH/c16-12-10-3-1-2-4-11(10)13(9-15-12)5-7-14-8-6-13;/h1-4,14H,5-9H2,(H,15,16);1H. The van der Waals surface area contributed by atoms with Gasteiger partial charge < -0.3 is 10.6 Å². The molecule has 0 bridgehead atoms. The number of nitrogens with one attached hydrogen (secondary N) is 2. The zero-order valence-corrected chi connectivity index (χ0v) is 10.5. The molecule has 2 aliphatic rings. The van der Waals surface area contributed by atoms with Gasteiger partial charge in [0.2, 0.25) is 0 Å². The van der Waals surface area contributed by atoms with E-state index < -0.39 is 0 Å². The van der Waals surface area contributed by atoms with E-state index >= 15 is 0 Å². The smallest absolute Gasteiger partial charge is 0.251 e. The molecule has 0 unspecified atom stereocenters. The highest BCUT2D eigenvalue weighted by Gasteiger charge is 2.39. The number of benzene rings is 1. The quantitative estimate of drug-likeness (QED) is 0.734. The Morgan fingerprint density at radius 2 is 1.82 bits per heavy atom. The molecule has 2 N–H and O–H groups in total. The van der Waals surface area contributed by atoms with E-state index in [1.807, 2.05) is 18.2 Å². The highest BCUT2D eigenvalue weighted by Crippen LogP contribution is 2.37. The van der Waals surface area contributed by atoms with E-state index in [9.17, 15) is 4.79 Å². The minimum absolute atomic E-state index is 0. The summed E-state index contributed by atoms with van der Waals surface area (Å²) in [5, 5.41) is 6.42. The second kappa shape index (κ2) is 4.67. The zero-order valence-electron chi connectivity index (χ0n) is 9.66. The van der Waals surface area contributed by atoms with Crippen molar-refractivity contribution in [2.75, 3.05) is 19.6 Å². The van der Waals surface area contributed by atoms with Gasteiger partial charge >= 0.3 is 0 Å². The fourth-order valence-corrected chi connectivity index (χ4v) is 2.93. The van der Waals surface area contributed by atoms with Crippen LogP contribution in [-0.4, -0.2) is 25.5 Å². The monoisotopic (exact) mass is 252 g/mol. The summed E-state index contributed by atoms with van der Waals surface area (Å²) in [6, 6.07) is 8.05. The Labute approximate surface area is 107 Å². The van der Waals surface area contributed by atoms with Crippen molar-refractivity contribution in [3.63, 3.8) is 0 Å². The van der Waals surface area contributed by atoms with Crippen LogP contribution in [0.4, 0.5) is 0 Å². The van der Waals surface area contributed by atoms with Gasteiger partial charge in [0.25, 0.3) is 5.91 Å². The molecule has 1 spiro atoms. The number of carbonyl (C=O) groups excluding carboxylic acids is 1. The Morgan fingerprint density at radius 3 is 2.59 bits per heavy atom. The fraction of sp³-hybridized carbons (Fsp3) is 0.462. The molecule has 4 heteroatoms. The first kappa shape index (κ1) is 12.4. The SMILES string of the molecule is Cl.O=C1NCC2(CCNCC2)c2ccccc21. The van der Waals surface area contributed by atoms with Gasteiger partial charge in [-0.15, -0.1) is 12.4 Å². The molecule has 1 saturated heterocycles. The first-order valence-corrected chi connectivity index (χ1v) is 5.90. The lowest BCUT2D eigenvalue weighted by molar-refractivity contribution is 0.0914. The van der Waals surface area contributed by atoms with Crippen LogP contribution in [0, 0.1) is 0 Å². The summed E-state index contributed by atoms with van der Waals surface area (Å²) in [5.74, 6) is 0.0831. The maximum absolute atomic E-state index is 11.8. The predicted molar refractivity (Wildman–Crippen MR) is 69.8 cm³/mol. The second-order valence-corrected chi connectivity index (χ2v) is 4.76. The lowest BCUT2D eigenvalue weighted by Gasteiger charge is -2.42. The number of rotatable bonds is 0. The Kier molecular flexibility index (Phi) is 3.40. The summed E-state index contributed by atoms with van der Waals surface area (Å²) < 4.78 is 0. The van der Waals surface area contributed by atoms with Crippen molar-refractivity contribution in [3.05, 3.63) is 35.4 Å². The van der Waals surface area contributed by atoms with Crippen LogP contribution in [0.15, 0.2) is 24.3 Å². The van der Waals surface area contributed by atoms with Crippen LogP contribution in [0.3, 0.4) is 0 Å². The van der Waals surface area contributed by atoms with Gasteiger partial charge in [0.1, 0.15) is 0 Å². The van der Waals surface area contributed by atoms with Gasteiger partial charge in [-0.1, -0.05) is 18.2 Å². The third-order valence-corrected chi connectivity index (χ3v) is 3.89. The first-order valence-electron chi connectivity index (χ1n) is 5.90. The number of hydrogen-bond donors (Lipinski definition) is 2. The maximum Gasteiger partial charge on any atom is 0.251 e. The number of carbonyl (C=O) groups is 1. The van der Waals surface area contributed by atoms with E-state index in [2.05, 4.69) is 16.7 Å². The van der Waals surface area contributed by atoms with Crippen molar-refractivity contribution in [2.24, 2.45) is 0 Å². The van der Waals surface area contributed by atoms with Crippen molar-refractivity contribution in [3.8, 4) is 0 Å². The zero-order chi connectivity index (χ0) is 11.0. The number of fused-ring (bicyclic) bond motifs is 2. The van der Waals surface area contributed by atoms with Crippen LogP contribution >= 0.6 is 12.4 Å². The van der Waals surface area contributed by atoms with Crippen molar-refractivity contribution in [1.29, 1.82) is 0 Å². The van der Waals surface area contributed by atoms with Crippen LogP contribution in [-0.2, 0) is 5.41 Å². The average Bonchev–Trinajstić information content (AvgIpc) is 2.36. The van der Waals surface area contributed by atoms with Crippen molar-refractivity contribution in [1.82, 2.24) is 10.6 Å². The van der Waals surface area contributed by atoms with Gasteiger partial charge in [0.05, 0.1) is 0 Å². The lowest BCUT2D eigenvalue weighted by Crippen LogP contribution is -2.51. The van der Waals surface area contributed by atoms with Gasteiger partial charge in [-0.05, 0) is 37.6 Å². The third-order valence-electron chi connectivity index (χ3n) is 3.89. The molecule has 17 heavy (non-hydrogen) atoms. The van der Waals surface area contributed by atoms with E-state index in [0.717, 1.165) is 38.0 Å². The summed E-state index contributed by atoms with van der Waals surface area (Å²) >= 11 is 0. The first-order chi connectivity index (χ1) is 7.82. The van der Waals surface area contributed by atoms with Crippen molar-refractivity contribution < 1.29 is 4.79 Å². The largest absolute Gasteiger partial charge is 0.351 e. The molecule has 1 fully saturated rings. The molecule has 0 atom stereocenters. The molecule has 2 aliphatic heterocycles. The average molecular weight is 253 g/mol. The van der Waals surface area contributed by atoms with E-state index in [0.29, 0.717) is 0 Å². The second-order valence-electron chi connectivity index (χ2n) is 4.76. The number of halogens is 1. The molecule has 3 nitrogen and oxygen atoms in total. The van der Waals surface area contributed by atoms with Gasteiger partial charge in [-0.25, -0.2) is 0 Å². The van der Waals surface area contributed by atoms with Crippen LogP contribution in [0.5, 0.6) is 0 Å². The molecule has 92 valence electrons. The molecule has 2 heterocycles. The molecular weight excluding hydrogens is 236 g/mol.